The SMILES string of the molecule is CN(C)c1ccc(NCCC(=O)NCc2ccncc2)cc1. The number of carbonyl (C=O) groups is 1. The number of rotatable bonds is 7. The van der Waals surface area contributed by atoms with Gasteiger partial charge in [-0.25, -0.2) is 0 Å². The number of nitrogens with one attached hydrogen (secondary N) is 2. The first-order chi connectivity index (χ1) is 10.6. The van der Waals surface area contributed by atoms with Crippen LogP contribution in [0, 0.1) is 0 Å². The lowest BCUT2D eigenvalue weighted by Gasteiger charge is -2.13. The van der Waals surface area contributed by atoms with Crippen molar-refractivity contribution >= 4 is 17.3 Å². The smallest absolute Gasteiger partial charge is 0.222 e. The maximum atomic E-state index is 11.8. The summed E-state index contributed by atoms with van der Waals surface area (Å²) in [6.45, 7) is 1.16. The first-order valence-corrected chi connectivity index (χ1v) is 7.32. The standard InChI is InChI=1S/C17H22N4O/c1-21(2)16-5-3-15(4-6-16)19-12-9-17(22)20-13-14-7-10-18-11-8-14/h3-8,10-11,19H,9,12-13H2,1-2H3,(H,20,22). The average molecular weight is 298 g/mol. The number of hydrogen-bond acceptors (Lipinski definition) is 4. The molecule has 1 aromatic carbocycles. The molecule has 0 saturated heterocycles. The van der Waals surface area contributed by atoms with Crippen LogP contribution >= 0.6 is 0 Å². The van der Waals surface area contributed by atoms with Crippen LogP contribution < -0.4 is 15.5 Å². The molecule has 0 bridgehead atoms. The molecule has 0 spiro atoms. The zero-order chi connectivity index (χ0) is 15.8. The first-order valence-electron chi connectivity index (χ1n) is 7.32. The molecular weight excluding hydrogens is 276 g/mol. The summed E-state index contributed by atoms with van der Waals surface area (Å²) in [5.74, 6) is 0.0363. The summed E-state index contributed by atoms with van der Waals surface area (Å²) in [6, 6.07) is 11.9. The molecule has 5 nitrogen and oxygen atoms in total. The Balaban J connectivity index is 1.68. The van der Waals surface area contributed by atoms with Gasteiger partial charge in [0.15, 0.2) is 0 Å². The number of nitrogens with zero attached hydrogens (tertiary/aromatic N) is 2. The van der Waals surface area contributed by atoms with Crippen LogP contribution in [-0.2, 0) is 11.3 Å². The molecular formula is C17H22N4O. The minimum absolute atomic E-state index is 0.0363. The molecule has 0 fully saturated rings. The van der Waals surface area contributed by atoms with Gasteiger partial charge in [-0.05, 0) is 42.0 Å². The zero-order valence-electron chi connectivity index (χ0n) is 13.0. The van der Waals surface area contributed by atoms with Crippen LogP contribution in [0.15, 0.2) is 48.8 Å². The number of hydrogen-bond donors (Lipinski definition) is 2. The number of amides is 1. The highest BCUT2D eigenvalue weighted by Crippen LogP contribution is 2.15. The predicted molar refractivity (Wildman–Crippen MR) is 90.0 cm³/mol. The van der Waals surface area contributed by atoms with Gasteiger partial charge in [0.2, 0.25) is 5.91 Å². The van der Waals surface area contributed by atoms with E-state index in [1.807, 2.05) is 50.5 Å². The van der Waals surface area contributed by atoms with Crippen LogP contribution in [0.3, 0.4) is 0 Å². The highest BCUT2D eigenvalue weighted by molar-refractivity contribution is 5.76. The number of pyridine rings is 1. The summed E-state index contributed by atoms with van der Waals surface area (Å²) in [6.07, 6.45) is 3.89. The van der Waals surface area contributed by atoms with E-state index in [0.717, 1.165) is 16.9 Å². The van der Waals surface area contributed by atoms with Crippen molar-refractivity contribution in [3.05, 3.63) is 54.4 Å². The largest absolute Gasteiger partial charge is 0.385 e. The maximum absolute atomic E-state index is 11.8. The molecule has 116 valence electrons. The van der Waals surface area contributed by atoms with Crippen molar-refractivity contribution in [1.29, 1.82) is 0 Å². The Kier molecular flexibility index (Phi) is 5.77. The van der Waals surface area contributed by atoms with Crippen molar-refractivity contribution in [3.8, 4) is 0 Å². The molecule has 0 atom stereocenters. The minimum Gasteiger partial charge on any atom is -0.385 e. The lowest BCUT2D eigenvalue weighted by molar-refractivity contribution is -0.121. The second-order valence-corrected chi connectivity index (χ2v) is 5.25. The van der Waals surface area contributed by atoms with E-state index in [9.17, 15) is 4.79 Å². The molecule has 0 aliphatic heterocycles. The van der Waals surface area contributed by atoms with Gasteiger partial charge >= 0.3 is 0 Å². The van der Waals surface area contributed by atoms with Crippen LogP contribution in [0.2, 0.25) is 0 Å². The van der Waals surface area contributed by atoms with Gasteiger partial charge in [0, 0.05) is 57.4 Å². The summed E-state index contributed by atoms with van der Waals surface area (Å²) in [5, 5.41) is 6.15. The van der Waals surface area contributed by atoms with Crippen molar-refractivity contribution in [3.63, 3.8) is 0 Å². The number of anilines is 2. The number of aromatic nitrogens is 1. The predicted octanol–water partition coefficient (Wildman–Crippen LogP) is 2.27. The van der Waals surface area contributed by atoms with E-state index in [1.54, 1.807) is 12.4 Å². The van der Waals surface area contributed by atoms with Crippen LogP contribution in [-0.4, -0.2) is 31.5 Å². The van der Waals surface area contributed by atoms with Crippen molar-refractivity contribution in [2.45, 2.75) is 13.0 Å². The van der Waals surface area contributed by atoms with Crippen LogP contribution in [0.4, 0.5) is 11.4 Å². The van der Waals surface area contributed by atoms with E-state index >= 15 is 0 Å². The zero-order valence-corrected chi connectivity index (χ0v) is 13.0. The molecule has 1 amide bonds. The Morgan fingerprint density at radius 1 is 1.09 bits per heavy atom. The third kappa shape index (κ3) is 5.09. The molecule has 2 N–H and O–H groups in total. The van der Waals surface area contributed by atoms with Crippen molar-refractivity contribution in [2.75, 3.05) is 30.9 Å². The van der Waals surface area contributed by atoms with Gasteiger partial charge in [-0.1, -0.05) is 0 Å². The topological polar surface area (TPSA) is 57.3 Å². The van der Waals surface area contributed by atoms with Gasteiger partial charge in [-0.15, -0.1) is 0 Å². The second-order valence-electron chi connectivity index (χ2n) is 5.25. The van der Waals surface area contributed by atoms with Crippen molar-refractivity contribution < 1.29 is 4.79 Å². The van der Waals surface area contributed by atoms with Crippen LogP contribution in [0.5, 0.6) is 0 Å². The summed E-state index contributed by atoms with van der Waals surface area (Å²) < 4.78 is 0. The van der Waals surface area contributed by atoms with E-state index in [2.05, 4.69) is 20.5 Å². The lowest BCUT2D eigenvalue weighted by atomic mass is 10.2. The van der Waals surface area contributed by atoms with Gasteiger partial charge in [-0.3, -0.25) is 9.78 Å². The summed E-state index contributed by atoms with van der Waals surface area (Å²) in [5.41, 5.74) is 3.23. The molecule has 2 aromatic rings. The fourth-order valence-corrected chi connectivity index (χ4v) is 1.99. The minimum atomic E-state index is 0.0363. The Labute approximate surface area is 131 Å². The van der Waals surface area contributed by atoms with Crippen LogP contribution in [0.25, 0.3) is 0 Å². The fraction of sp³-hybridized carbons (Fsp3) is 0.294. The molecule has 22 heavy (non-hydrogen) atoms. The highest BCUT2D eigenvalue weighted by atomic mass is 16.1. The van der Waals surface area contributed by atoms with Crippen LogP contribution in [0.1, 0.15) is 12.0 Å². The summed E-state index contributed by atoms with van der Waals surface area (Å²) >= 11 is 0. The normalized spacial score (nSPS) is 10.1. The first kappa shape index (κ1) is 15.8. The van der Waals surface area contributed by atoms with Gasteiger partial charge in [-0.2, -0.15) is 0 Å². The molecule has 0 aliphatic rings. The molecule has 0 unspecified atom stereocenters. The monoisotopic (exact) mass is 298 g/mol. The van der Waals surface area contributed by atoms with E-state index in [1.165, 1.54) is 0 Å². The maximum Gasteiger partial charge on any atom is 0.222 e. The van der Waals surface area contributed by atoms with Gasteiger partial charge in [0.1, 0.15) is 0 Å². The molecule has 0 saturated carbocycles. The Bertz CT molecular complexity index is 581. The van der Waals surface area contributed by atoms with Gasteiger partial charge < -0.3 is 15.5 Å². The summed E-state index contributed by atoms with van der Waals surface area (Å²) in [4.78, 5) is 17.8. The molecule has 2 rings (SSSR count). The molecule has 1 heterocycles. The van der Waals surface area contributed by atoms with Gasteiger partial charge in [0.05, 0.1) is 0 Å². The second kappa shape index (κ2) is 8.02. The van der Waals surface area contributed by atoms with Crippen molar-refractivity contribution in [1.82, 2.24) is 10.3 Å². The Morgan fingerprint density at radius 2 is 1.77 bits per heavy atom. The van der Waals surface area contributed by atoms with E-state index < -0.39 is 0 Å². The highest BCUT2D eigenvalue weighted by Gasteiger charge is 2.01. The Hall–Kier alpha value is -2.56. The molecule has 1 aromatic heterocycles. The molecule has 0 radical (unpaired) electrons. The van der Waals surface area contributed by atoms with E-state index in [-0.39, 0.29) is 5.91 Å². The Morgan fingerprint density at radius 3 is 2.41 bits per heavy atom. The summed E-state index contributed by atoms with van der Waals surface area (Å²) in [7, 11) is 4.02. The molecule has 5 heteroatoms. The number of benzene rings is 1. The fourth-order valence-electron chi connectivity index (χ4n) is 1.99. The molecule has 0 aliphatic carbocycles. The van der Waals surface area contributed by atoms with Crippen molar-refractivity contribution in [2.24, 2.45) is 0 Å². The van der Waals surface area contributed by atoms with E-state index in [0.29, 0.717) is 19.5 Å². The lowest BCUT2D eigenvalue weighted by Crippen LogP contribution is -2.24. The quantitative estimate of drug-likeness (QED) is 0.823. The number of carbonyl (C=O) groups excluding carboxylic acids is 1. The van der Waals surface area contributed by atoms with E-state index in [4.69, 9.17) is 0 Å². The van der Waals surface area contributed by atoms with Gasteiger partial charge in [0.25, 0.3) is 0 Å². The average Bonchev–Trinajstić information content (AvgIpc) is 2.54. The third-order valence-corrected chi connectivity index (χ3v) is 3.30. The third-order valence-electron chi connectivity index (χ3n) is 3.30.